The van der Waals surface area contributed by atoms with Crippen LogP contribution in [0, 0.1) is 5.92 Å². The average Bonchev–Trinajstić information content (AvgIpc) is 2.95. The van der Waals surface area contributed by atoms with E-state index in [1.807, 2.05) is 30.3 Å². The maximum atomic E-state index is 14.0. The Bertz CT molecular complexity index is 1340. The molecule has 0 spiro atoms. The van der Waals surface area contributed by atoms with Gasteiger partial charge in [0.1, 0.15) is 17.3 Å². The van der Waals surface area contributed by atoms with Gasteiger partial charge in [0.25, 0.3) is 0 Å². The molecule has 2 aliphatic rings. The topological polar surface area (TPSA) is 121 Å². The summed E-state index contributed by atoms with van der Waals surface area (Å²) >= 11 is 0. The van der Waals surface area contributed by atoms with Crippen molar-refractivity contribution in [1.82, 2.24) is 15.3 Å². The Morgan fingerprint density at radius 1 is 1.08 bits per heavy atom. The van der Waals surface area contributed by atoms with Crippen molar-refractivity contribution in [1.29, 1.82) is 0 Å². The molecular formula is C28H33N7O4. The molecule has 0 saturated carbocycles. The van der Waals surface area contributed by atoms with E-state index in [2.05, 4.69) is 20.9 Å². The SMILES string of the molecule is COc1cc(OC)cc(N2Cc3cnc(Nc4ccccc4NC(C)=O)nc3N(CC3CCNCC3)C2=O)c1. The summed E-state index contributed by atoms with van der Waals surface area (Å²) in [6.45, 7) is 4.15. The monoisotopic (exact) mass is 531 g/mol. The highest BCUT2D eigenvalue weighted by atomic mass is 16.5. The van der Waals surface area contributed by atoms with Crippen molar-refractivity contribution in [2.45, 2.75) is 26.3 Å². The summed E-state index contributed by atoms with van der Waals surface area (Å²) in [5.41, 5.74) is 2.77. The number of urea groups is 1. The van der Waals surface area contributed by atoms with Gasteiger partial charge in [0.05, 0.1) is 37.8 Å². The van der Waals surface area contributed by atoms with Crippen LogP contribution in [0.3, 0.4) is 0 Å². The van der Waals surface area contributed by atoms with Crippen LogP contribution in [0.2, 0.25) is 0 Å². The highest BCUT2D eigenvalue weighted by molar-refractivity contribution is 6.05. The van der Waals surface area contributed by atoms with E-state index in [1.165, 1.54) is 6.92 Å². The highest BCUT2D eigenvalue weighted by Crippen LogP contribution is 2.36. The van der Waals surface area contributed by atoms with Crippen molar-refractivity contribution in [2.75, 3.05) is 54.3 Å². The number of methoxy groups -OCH3 is 2. The molecule has 0 radical (unpaired) electrons. The number of carbonyl (C=O) groups excluding carboxylic acids is 2. The molecule has 3 aromatic rings. The van der Waals surface area contributed by atoms with Crippen molar-refractivity contribution in [3.8, 4) is 11.5 Å². The Labute approximate surface area is 227 Å². The molecule has 11 heteroatoms. The van der Waals surface area contributed by atoms with E-state index in [-0.39, 0.29) is 11.9 Å². The van der Waals surface area contributed by atoms with E-state index in [0.717, 1.165) is 31.5 Å². The lowest BCUT2D eigenvalue weighted by atomic mass is 9.97. The van der Waals surface area contributed by atoms with Crippen molar-refractivity contribution >= 4 is 40.8 Å². The molecule has 3 heterocycles. The molecule has 0 bridgehead atoms. The Kier molecular flexibility index (Phi) is 7.78. The molecule has 0 atom stereocenters. The first-order valence-corrected chi connectivity index (χ1v) is 13.0. The number of anilines is 5. The molecule has 1 saturated heterocycles. The lowest BCUT2D eigenvalue weighted by Crippen LogP contribution is -2.50. The second-order valence-electron chi connectivity index (χ2n) is 9.64. The van der Waals surface area contributed by atoms with Gasteiger partial charge in [-0.3, -0.25) is 14.6 Å². The number of carbonyl (C=O) groups is 2. The first kappa shape index (κ1) is 26.2. The summed E-state index contributed by atoms with van der Waals surface area (Å²) in [5, 5.41) is 9.41. The Balaban J connectivity index is 1.50. The predicted molar refractivity (Wildman–Crippen MR) is 150 cm³/mol. The zero-order valence-electron chi connectivity index (χ0n) is 22.4. The van der Waals surface area contributed by atoms with Gasteiger partial charge < -0.3 is 25.4 Å². The number of ether oxygens (including phenoxy) is 2. The maximum Gasteiger partial charge on any atom is 0.330 e. The van der Waals surface area contributed by atoms with Crippen molar-refractivity contribution in [3.05, 3.63) is 54.2 Å². The number of hydrogen-bond acceptors (Lipinski definition) is 8. The van der Waals surface area contributed by atoms with Crippen LogP contribution in [0.25, 0.3) is 0 Å². The smallest absolute Gasteiger partial charge is 0.330 e. The first-order chi connectivity index (χ1) is 18.9. The molecule has 0 aliphatic carbocycles. The van der Waals surface area contributed by atoms with Gasteiger partial charge in [0.2, 0.25) is 11.9 Å². The van der Waals surface area contributed by atoms with Crippen LogP contribution in [0.15, 0.2) is 48.7 Å². The summed E-state index contributed by atoms with van der Waals surface area (Å²) in [6.07, 6.45) is 3.71. The van der Waals surface area contributed by atoms with E-state index in [1.54, 1.807) is 42.3 Å². The Morgan fingerprint density at radius 3 is 2.44 bits per heavy atom. The predicted octanol–water partition coefficient (Wildman–Crippen LogP) is 4.14. The first-order valence-electron chi connectivity index (χ1n) is 13.0. The zero-order chi connectivity index (χ0) is 27.4. The third kappa shape index (κ3) is 5.88. The summed E-state index contributed by atoms with van der Waals surface area (Å²) in [4.78, 5) is 38.5. The molecule has 2 aliphatic heterocycles. The molecule has 5 rings (SSSR count). The number of fused-ring (bicyclic) bond motifs is 1. The molecule has 11 nitrogen and oxygen atoms in total. The molecule has 3 amide bonds. The van der Waals surface area contributed by atoms with Crippen LogP contribution in [0.4, 0.5) is 33.6 Å². The quantitative estimate of drug-likeness (QED) is 0.397. The maximum absolute atomic E-state index is 14.0. The molecule has 204 valence electrons. The number of benzene rings is 2. The van der Waals surface area contributed by atoms with Crippen LogP contribution < -0.4 is 35.2 Å². The number of piperidine rings is 1. The van der Waals surface area contributed by atoms with Crippen LogP contribution in [0.1, 0.15) is 25.3 Å². The van der Waals surface area contributed by atoms with Crippen LogP contribution in [0.5, 0.6) is 11.5 Å². The molecule has 1 aromatic heterocycles. The van der Waals surface area contributed by atoms with E-state index < -0.39 is 0 Å². The Hall–Kier alpha value is -4.38. The number of nitrogens with one attached hydrogen (secondary N) is 3. The van der Waals surface area contributed by atoms with Crippen LogP contribution >= 0.6 is 0 Å². The van der Waals surface area contributed by atoms with Crippen LogP contribution in [-0.4, -0.2) is 55.8 Å². The van der Waals surface area contributed by atoms with Crippen molar-refractivity contribution in [3.63, 3.8) is 0 Å². The van der Waals surface area contributed by atoms with Gasteiger partial charge in [0, 0.05) is 43.4 Å². The lowest BCUT2D eigenvalue weighted by Gasteiger charge is -2.38. The number of amides is 3. The van der Waals surface area contributed by atoms with Gasteiger partial charge in [-0.1, -0.05) is 12.1 Å². The van der Waals surface area contributed by atoms with Gasteiger partial charge in [-0.25, -0.2) is 9.78 Å². The summed E-state index contributed by atoms with van der Waals surface area (Å²) in [7, 11) is 3.17. The van der Waals surface area contributed by atoms with Gasteiger partial charge >= 0.3 is 6.03 Å². The molecule has 3 N–H and O–H groups in total. The zero-order valence-corrected chi connectivity index (χ0v) is 22.4. The molecule has 2 aromatic carbocycles. The molecule has 1 fully saturated rings. The highest BCUT2D eigenvalue weighted by Gasteiger charge is 2.35. The standard InChI is InChI=1S/C28H33N7O4/c1-18(36)31-24-6-4-5-7-25(24)32-27-30-15-20-17-34(21-12-22(38-2)14-23(13-21)39-3)28(37)35(26(20)33-27)16-19-8-10-29-11-9-19/h4-7,12-15,19,29H,8-11,16-17H2,1-3H3,(H,31,36)(H,30,32,33). The van der Waals surface area contributed by atoms with E-state index in [0.29, 0.717) is 59.3 Å². The fourth-order valence-electron chi connectivity index (χ4n) is 4.93. The minimum atomic E-state index is -0.177. The van der Waals surface area contributed by atoms with Crippen molar-refractivity contribution < 1.29 is 19.1 Å². The van der Waals surface area contributed by atoms with Gasteiger partial charge in [-0.2, -0.15) is 4.98 Å². The number of para-hydroxylation sites is 2. The van der Waals surface area contributed by atoms with E-state index >= 15 is 0 Å². The number of rotatable bonds is 8. The fraction of sp³-hybridized carbons (Fsp3) is 0.357. The molecular weight excluding hydrogens is 498 g/mol. The van der Waals surface area contributed by atoms with Gasteiger partial charge in [-0.05, 0) is 44.0 Å². The minimum absolute atomic E-state index is 0.167. The number of aromatic nitrogens is 2. The molecule has 0 unspecified atom stereocenters. The minimum Gasteiger partial charge on any atom is -0.497 e. The summed E-state index contributed by atoms with van der Waals surface area (Å²) in [6, 6.07) is 12.6. The second-order valence-corrected chi connectivity index (χ2v) is 9.64. The average molecular weight is 532 g/mol. The van der Waals surface area contributed by atoms with Crippen molar-refractivity contribution in [2.24, 2.45) is 5.92 Å². The van der Waals surface area contributed by atoms with E-state index in [4.69, 9.17) is 14.5 Å². The van der Waals surface area contributed by atoms with E-state index in [9.17, 15) is 9.59 Å². The van der Waals surface area contributed by atoms with Gasteiger partial charge in [0.15, 0.2) is 0 Å². The summed E-state index contributed by atoms with van der Waals surface area (Å²) < 4.78 is 10.9. The third-order valence-electron chi connectivity index (χ3n) is 6.92. The molecule has 39 heavy (non-hydrogen) atoms. The Morgan fingerprint density at radius 2 is 1.77 bits per heavy atom. The largest absolute Gasteiger partial charge is 0.497 e. The second kappa shape index (κ2) is 11.6. The van der Waals surface area contributed by atoms with Gasteiger partial charge in [-0.15, -0.1) is 0 Å². The fourth-order valence-corrected chi connectivity index (χ4v) is 4.93. The van der Waals surface area contributed by atoms with Crippen LogP contribution in [-0.2, 0) is 11.3 Å². The number of nitrogens with zero attached hydrogens (tertiary/aromatic N) is 4. The summed E-state index contributed by atoms with van der Waals surface area (Å²) in [5.74, 6) is 2.28. The third-order valence-corrected chi connectivity index (χ3v) is 6.92. The normalized spacial score (nSPS) is 15.5. The lowest BCUT2D eigenvalue weighted by molar-refractivity contribution is -0.114. The number of hydrogen-bond donors (Lipinski definition) is 3.